The molecule has 0 aliphatic carbocycles. The van der Waals surface area contributed by atoms with Gasteiger partial charge in [-0.25, -0.2) is 0 Å². The molecular weight excluding hydrogens is 358 g/mol. The van der Waals surface area contributed by atoms with Crippen LogP contribution in [0.3, 0.4) is 0 Å². The Morgan fingerprint density at radius 2 is 1.14 bits per heavy atom. The fourth-order valence-corrected chi connectivity index (χ4v) is 3.05. The zero-order valence-corrected chi connectivity index (χ0v) is 15.4. The number of hydrogen-bond acceptors (Lipinski definition) is 4. The van der Waals surface area contributed by atoms with Crippen LogP contribution in [-0.4, -0.2) is 14.8 Å². The van der Waals surface area contributed by atoms with Crippen LogP contribution in [0.5, 0.6) is 0 Å². The molecule has 0 spiro atoms. The maximum Gasteiger partial charge on any atom is 0.168 e. The van der Waals surface area contributed by atoms with Gasteiger partial charge in [0.05, 0.1) is 23.3 Å². The number of nitrogens with zero attached hydrogens (tertiary/aromatic N) is 5. The number of benzene rings is 3. The average Bonchev–Trinajstić information content (AvgIpc) is 3.24. The molecule has 0 radical (unpaired) electrons. The van der Waals surface area contributed by atoms with Gasteiger partial charge in [0.15, 0.2) is 11.6 Å². The lowest BCUT2D eigenvalue weighted by Crippen LogP contribution is -2.00. The lowest BCUT2D eigenvalue weighted by atomic mass is 10.1. The number of rotatable bonds is 4. The van der Waals surface area contributed by atoms with E-state index in [1.54, 1.807) is 30.3 Å². The summed E-state index contributed by atoms with van der Waals surface area (Å²) in [7, 11) is 0. The Labute approximate surface area is 168 Å². The highest BCUT2D eigenvalue weighted by molar-refractivity contribution is 5.68. The van der Waals surface area contributed by atoms with Crippen LogP contribution in [0.25, 0.3) is 34.5 Å². The van der Waals surface area contributed by atoms with Gasteiger partial charge in [0.2, 0.25) is 0 Å². The van der Waals surface area contributed by atoms with Crippen molar-refractivity contribution >= 4 is 6.08 Å². The van der Waals surface area contributed by atoms with Crippen LogP contribution in [0.4, 0.5) is 0 Å². The van der Waals surface area contributed by atoms with Crippen LogP contribution in [0.1, 0.15) is 16.7 Å². The summed E-state index contributed by atoms with van der Waals surface area (Å²) >= 11 is 0. The van der Waals surface area contributed by atoms with Gasteiger partial charge < -0.3 is 0 Å². The van der Waals surface area contributed by atoms with Gasteiger partial charge in [0.25, 0.3) is 0 Å². The molecule has 5 heteroatoms. The van der Waals surface area contributed by atoms with Crippen LogP contribution in [-0.2, 0) is 0 Å². The van der Waals surface area contributed by atoms with Crippen molar-refractivity contribution < 1.29 is 0 Å². The van der Waals surface area contributed by atoms with Crippen LogP contribution < -0.4 is 0 Å². The number of hydrogen-bond donors (Lipinski definition) is 0. The van der Waals surface area contributed by atoms with E-state index in [2.05, 4.69) is 28.9 Å². The van der Waals surface area contributed by atoms with E-state index < -0.39 is 0 Å². The molecule has 4 rings (SSSR count). The fourth-order valence-electron chi connectivity index (χ4n) is 3.05. The molecule has 0 aliphatic rings. The van der Waals surface area contributed by atoms with Crippen molar-refractivity contribution in [3.63, 3.8) is 0 Å². The van der Waals surface area contributed by atoms with Crippen LogP contribution in [0.2, 0.25) is 0 Å². The molecule has 29 heavy (non-hydrogen) atoms. The summed E-state index contributed by atoms with van der Waals surface area (Å²) in [4.78, 5) is 0. The van der Waals surface area contributed by atoms with Crippen molar-refractivity contribution in [2.75, 3.05) is 0 Å². The highest BCUT2D eigenvalue weighted by atomic mass is 15.3. The van der Waals surface area contributed by atoms with E-state index in [1.807, 2.05) is 53.1 Å². The van der Waals surface area contributed by atoms with E-state index in [1.165, 1.54) is 0 Å². The van der Waals surface area contributed by atoms with Crippen molar-refractivity contribution in [3.8, 4) is 40.6 Å². The molecule has 3 aromatic carbocycles. The van der Waals surface area contributed by atoms with Crippen molar-refractivity contribution in [1.29, 1.82) is 10.5 Å². The summed E-state index contributed by atoms with van der Waals surface area (Å²) in [5.74, 6) is 1.33. The Bertz CT molecular complexity index is 1170. The van der Waals surface area contributed by atoms with Gasteiger partial charge in [-0.05, 0) is 66.2 Å². The highest BCUT2D eigenvalue weighted by Gasteiger charge is 2.17. The van der Waals surface area contributed by atoms with Crippen molar-refractivity contribution in [2.45, 2.75) is 0 Å². The summed E-state index contributed by atoms with van der Waals surface area (Å²) in [5, 5.41) is 27.0. The second-order valence-corrected chi connectivity index (χ2v) is 6.36. The number of nitriles is 2. The predicted octanol–water partition coefficient (Wildman–Crippen LogP) is 4.99. The summed E-state index contributed by atoms with van der Waals surface area (Å²) in [6.07, 6.45) is 1.79. The molecule has 0 saturated carbocycles. The SMILES string of the molecule is C=Cc1ccc(-n2c(-c3ccc(C#N)cc3)nnc2-c2ccc(C#N)cc2)cc1. The Hall–Kier alpha value is -4.48. The first-order valence-corrected chi connectivity index (χ1v) is 8.93. The van der Waals surface area contributed by atoms with E-state index in [0.717, 1.165) is 22.4 Å². The first-order chi connectivity index (χ1) is 14.2. The molecule has 0 atom stereocenters. The van der Waals surface area contributed by atoms with E-state index in [0.29, 0.717) is 22.8 Å². The molecule has 0 fully saturated rings. The minimum atomic E-state index is 0.586. The van der Waals surface area contributed by atoms with E-state index in [4.69, 9.17) is 10.5 Å². The maximum atomic E-state index is 9.06. The summed E-state index contributed by atoms with van der Waals surface area (Å²) in [5.41, 5.74) is 4.79. The molecule has 1 aromatic heterocycles. The van der Waals surface area contributed by atoms with Crippen LogP contribution >= 0.6 is 0 Å². The topological polar surface area (TPSA) is 78.3 Å². The standard InChI is InChI=1S/C24H15N5/c1-2-17-7-13-22(14-8-17)29-23(20-9-3-18(15-25)4-10-20)27-28-24(29)21-11-5-19(16-26)6-12-21/h2-14H,1H2. The lowest BCUT2D eigenvalue weighted by Gasteiger charge is -2.11. The second-order valence-electron chi connectivity index (χ2n) is 6.36. The fraction of sp³-hybridized carbons (Fsp3) is 0. The smallest absolute Gasteiger partial charge is 0.168 e. The van der Waals surface area contributed by atoms with Gasteiger partial charge in [-0.1, -0.05) is 24.8 Å². The molecule has 0 N–H and O–H groups in total. The zero-order valence-electron chi connectivity index (χ0n) is 15.4. The normalized spacial score (nSPS) is 10.1. The molecule has 0 aliphatic heterocycles. The molecule has 0 saturated heterocycles. The minimum Gasteiger partial charge on any atom is -0.275 e. The van der Waals surface area contributed by atoms with Crippen molar-refractivity contribution in [3.05, 3.63) is 96.1 Å². The number of aromatic nitrogens is 3. The Balaban J connectivity index is 1.91. The summed E-state index contributed by atoms with van der Waals surface area (Å²) in [6, 6.07) is 26.7. The molecular formula is C24H15N5. The van der Waals surface area contributed by atoms with Crippen LogP contribution in [0.15, 0.2) is 79.4 Å². The van der Waals surface area contributed by atoms with Gasteiger partial charge >= 0.3 is 0 Å². The van der Waals surface area contributed by atoms with E-state index >= 15 is 0 Å². The zero-order chi connectivity index (χ0) is 20.2. The molecule has 0 unspecified atom stereocenters. The molecule has 4 aromatic rings. The highest BCUT2D eigenvalue weighted by Crippen LogP contribution is 2.29. The third kappa shape index (κ3) is 3.41. The van der Waals surface area contributed by atoms with E-state index in [9.17, 15) is 0 Å². The third-order valence-electron chi connectivity index (χ3n) is 4.59. The first kappa shape index (κ1) is 17.9. The monoisotopic (exact) mass is 373 g/mol. The van der Waals surface area contributed by atoms with Gasteiger partial charge in [0.1, 0.15) is 0 Å². The molecule has 5 nitrogen and oxygen atoms in total. The largest absolute Gasteiger partial charge is 0.275 e. The third-order valence-corrected chi connectivity index (χ3v) is 4.59. The second kappa shape index (κ2) is 7.64. The Kier molecular flexibility index (Phi) is 4.72. The molecule has 1 heterocycles. The Morgan fingerprint density at radius 3 is 1.52 bits per heavy atom. The predicted molar refractivity (Wildman–Crippen MR) is 112 cm³/mol. The summed E-state index contributed by atoms with van der Waals surface area (Å²) < 4.78 is 1.97. The first-order valence-electron chi connectivity index (χ1n) is 8.93. The Morgan fingerprint density at radius 1 is 0.690 bits per heavy atom. The maximum absolute atomic E-state index is 9.06. The van der Waals surface area contributed by atoms with E-state index in [-0.39, 0.29) is 0 Å². The van der Waals surface area contributed by atoms with Crippen LogP contribution in [0, 0.1) is 22.7 Å². The van der Waals surface area contributed by atoms with Crippen molar-refractivity contribution in [2.24, 2.45) is 0 Å². The lowest BCUT2D eigenvalue weighted by molar-refractivity contribution is 1.07. The minimum absolute atomic E-state index is 0.586. The van der Waals surface area contributed by atoms with Gasteiger partial charge in [-0.2, -0.15) is 10.5 Å². The summed E-state index contributed by atoms with van der Waals surface area (Å²) in [6.45, 7) is 3.80. The van der Waals surface area contributed by atoms with Gasteiger partial charge in [-0.3, -0.25) is 4.57 Å². The molecule has 0 amide bonds. The average molecular weight is 373 g/mol. The molecule has 136 valence electrons. The van der Waals surface area contributed by atoms with Gasteiger partial charge in [-0.15, -0.1) is 10.2 Å². The molecule has 0 bridgehead atoms. The van der Waals surface area contributed by atoms with Gasteiger partial charge in [0, 0.05) is 16.8 Å². The quantitative estimate of drug-likeness (QED) is 0.505. The van der Waals surface area contributed by atoms with Crippen molar-refractivity contribution in [1.82, 2.24) is 14.8 Å².